The lowest BCUT2D eigenvalue weighted by molar-refractivity contribution is -0.224. The van der Waals surface area contributed by atoms with Crippen LogP contribution in [-0.4, -0.2) is 6.11 Å². The Balaban J connectivity index is 1.26. The third-order valence-electron chi connectivity index (χ3n) is 9.33. The monoisotopic (exact) mass is 632 g/mol. The molecule has 2 aromatic rings. The van der Waals surface area contributed by atoms with E-state index in [1.165, 1.54) is 6.07 Å². The Labute approximate surface area is 254 Å². The molecule has 1 nitrogen and oxygen atoms in total. The summed E-state index contributed by atoms with van der Waals surface area (Å²) in [6.45, 7) is 2.09. The minimum atomic E-state index is -3.58. The van der Waals surface area contributed by atoms with Crippen molar-refractivity contribution in [3.8, 4) is 5.75 Å². The number of hydrogen-bond donors (Lipinski definition) is 0. The van der Waals surface area contributed by atoms with Crippen LogP contribution in [0.4, 0.5) is 30.7 Å². The van der Waals surface area contributed by atoms with Gasteiger partial charge in [0.15, 0.2) is 5.83 Å². The van der Waals surface area contributed by atoms with Gasteiger partial charge in [0.05, 0.1) is 5.92 Å². The molecule has 0 bridgehead atoms. The average Bonchev–Trinajstić information content (AvgIpc) is 2.99. The van der Waals surface area contributed by atoms with Crippen LogP contribution in [0.5, 0.6) is 5.75 Å². The second-order valence-corrected chi connectivity index (χ2v) is 12.6. The number of benzene rings is 2. The van der Waals surface area contributed by atoms with E-state index in [1.54, 1.807) is 6.07 Å². The van der Waals surface area contributed by atoms with Crippen molar-refractivity contribution < 1.29 is 35.5 Å². The van der Waals surface area contributed by atoms with Crippen LogP contribution in [-0.2, 0) is 0 Å². The standard InChI is InChI=1S/C34H40ClF7O/c1-2-3-4-5-6-7-28(36)33(40)24-14-17-27(29(37)18-24)23-10-8-21(9-11-23)22-12-15-25(16-13-22)34(41,42)43-26-19-30(38)32(35)31(39)20-26/h14,17-23,25H,2-13,15-16H2,1H3/b33-28+. The maximum atomic E-state index is 15.0. The average molecular weight is 633 g/mol. The molecule has 0 saturated heterocycles. The molecule has 0 amide bonds. The molecule has 0 N–H and O–H groups in total. The summed E-state index contributed by atoms with van der Waals surface area (Å²) in [5.41, 5.74) is 0.426. The SMILES string of the molecule is CCCCCCC/C(F)=C(\F)c1ccc(C2CCC(C3CCC(C(F)(F)Oc4cc(F)c(Cl)c(F)c4)CC3)CC2)c(F)c1. The van der Waals surface area contributed by atoms with Crippen LogP contribution in [0, 0.1) is 35.2 Å². The van der Waals surface area contributed by atoms with E-state index in [1.807, 2.05) is 0 Å². The minimum Gasteiger partial charge on any atom is -0.432 e. The van der Waals surface area contributed by atoms with E-state index in [0.717, 1.165) is 57.4 Å². The second kappa shape index (κ2) is 15.2. The highest BCUT2D eigenvalue weighted by Crippen LogP contribution is 2.47. The molecule has 2 saturated carbocycles. The molecule has 0 heterocycles. The molecule has 0 aliphatic heterocycles. The smallest absolute Gasteiger partial charge is 0.400 e. The van der Waals surface area contributed by atoms with Gasteiger partial charge in [0.25, 0.3) is 0 Å². The maximum absolute atomic E-state index is 15.0. The zero-order valence-corrected chi connectivity index (χ0v) is 25.3. The van der Waals surface area contributed by atoms with Gasteiger partial charge in [-0.25, -0.2) is 22.0 Å². The van der Waals surface area contributed by atoms with Crippen molar-refractivity contribution in [1.29, 1.82) is 0 Å². The molecule has 2 aliphatic carbocycles. The number of halogens is 8. The quantitative estimate of drug-likeness (QED) is 0.128. The number of allylic oxidation sites excluding steroid dienone is 1. The first kappa shape index (κ1) is 33.7. The van der Waals surface area contributed by atoms with Crippen LogP contribution >= 0.6 is 11.6 Å². The largest absolute Gasteiger partial charge is 0.432 e. The van der Waals surface area contributed by atoms with E-state index in [0.29, 0.717) is 42.9 Å². The Bertz CT molecular complexity index is 1220. The van der Waals surface area contributed by atoms with Crippen molar-refractivity contribution in [3.05, 3.63) is 69.8 Å². The van der Waals surface area contributed by atoms with Crippen molar-refractivity contribution in [2.24, 2.45) is 17.8 Å². The molecule has 238 valence electrons. The number of unbranched alkanes of at least 4 members (excludes halogenated alkanes) is 4. The molecule has 2 aromatic carbocycles. The Kier molecular flexibility index (Phi) is 11.9. The van der Waals surface area contributed by atoms with Gasteiger partial charge in [-0.05, 0) is 87.2 Å². The number of alkyl halides is 2. The Morgan fingerprint density at radius 2 is 1.37 bits per heavy atom. The summed E-state index contributed by atoms with van der Waals surface area (Å²) < 4.78 is 106. The lowest BCUT2D eigenvalue weighted by atomic mass is 9.68. The van der Waals surface area contributed by atoms with Crippen LogP contribution < -0.4 is 4.74 Å². The summed E-state index contributed by atoms with van der Waals surface area (Å²) in [5.74, 6) is -5.81. The van der Waals surface area contributed by atoms with Gasteiger partial charge in [0.1, 0.15) is 34.1 Å². The number of ether oxygens (including phenoxy) is 1. The summed E-state index contributed by atoms with van der Waals surface area (Å²) in [7, 11) is 0. The van der Waals surface area contributed by atoms with Gasteiger partial charge >= 0.3 is 6.11 Å². The van der Waals surface area contributed by atoms with Gasteiger partial charge in [-0.2, -0.15) is 8.78 Å². The molecule has 4 rings (SSSR count). The van der Waals surface area contributed by atoms with E-state index in [9.17, 15) is 26.3 Å². The van der Waals surface area contributed by atoms with Crippen LogP contribution in [0.15, 0.2) is 36.2 Å². The van der Waals surface area contributed by atoms with E-state index < -0.39 is 51.9 Å². The van der Waals surface area contributed by atoms with Crippen LogP contribution in [0.2, 0.25) is 5.02 Å². The van der Waals surface area contributed by atoms with Crippen molar-refractivity contribution in [3.63, 3.8) is 0 Å². The number of hydrogen-bond acceptors (Lipinski definition) is 1. The maximum Gasteiger partial charge on any atom is 0.400 e. The normalized spacial score (nSPS) is 23.7. The minimum absolute atomic E-state index is 0.0117. The van der Waals surface area contributed by atoms with Gasteiger partial charge < -0.3 is 4.74 Å². The van der Waals surface area contributed by atoms with Gasteiger partial charge in [-0.1, -0.05) is 56.3 Å². The van der Waals surface area contributed by atoms with Crippen LogP contribution in [0.25, 0.3) is 5.83 Å². The van der Waals surface area contributed by atoms with Crippen LogP contribution in [0.3, 0.4) is 0 Å². The molecule has 0 unspecified atom stereocenters. The fraction of sp³-hybridized carbons (Fsp3) is 0.588. The second-order valence-electron chi connectivity index (χ2n) is 12.2. The zero-order chi connectivity index (χ0) is 31.1. The lowest BCUT2D eigenvalue weighted by Gasteiger charge is -2.39. The highest BCUT2D eigenvalue weighted by atomic mass is 35.5. The van der Waals surface area contributed by atoms with Crippen molar-refractivity contribution in [2.75, 3.05) is 0 Å². The zero-order valence-electron chi connectivity index (χ0n) is 24.5. The highest BCUT2D eigenvalue weighted by Gasteiger charge is 2.45. The molecule has 43 heavy (non-hydrogen) atoms. The molecule has 0 radical (unpaired) electrons. The lowest BCUT2D eigenvalue weighted by Crippen LogP contribution is -2.38. The number of rotatable bonds is 12. The molecule has 2 aliphatic rings. The van der Waals surface area contributed by atoms with E-state index in [-0.39, 0.29) is 36.7 Å². The molecular weight excluding hydrogens is 593 g/mol. The fourth-order valence-corrected chi connectivity index (χ4v) is 6.91. The van der Waals surface area contributed by atoms with Crippen LogP contribution in [0.1, 0.15) is 114 Å². The van der Waals surface area contributed by atoms with Gasteiger partial charge in [0, 0.05) is 24.1 Å². The topological polar surface area (TPSA) is 9.23 Å². The van der Waals surface area contributed by atoms with Gasteiger partial charge in [0.2, 0.25) is 0 Å². The Hall–Kier alpha value is -2.22. The predicted molar refractivity (Wildman–Crippen MR) is 156 cm³/mol. The van der Waals surface area contributed by atoms with E-state index in [4.69, 9.17) is 16.3 Å². The summed E-state index contributed by atoms with van der Waals surface area (Å²) in [6, 6.07) is 5.41. The fourth-order valence-electron chi connectivity index (χ4n) is 6.80. The molecular formula is C34H40ClF7O. The van der Waals surface area contributed by atoms with Crippen molar-refractivity contribution in [1.82, 2.24) is 0 Å². The van der Waals surface area contributed by atoms with E-state index >= 15 is 4.39 Å². The summed E-state index contributed by atoms with van der Waals surface area (Å²) in [4.78, 5) is 0. The van der Waals surface area contributed by atoms with Gasteiger partial charge in [-0.15, -0.1) is 0 Å². The first-order chi connectivity index (χ1) is 20.5. The Morgan fingerprint density at radius 1 is 0.791 bits per heavy atom. The van der Waals surface area contributed by atoms with E-state index in [2.05, 4.69) is 6.92 Å². The molecule has 9 heteroatoms. The molecule has 2 fully saturated rings. The highest BCUT2D eigenvalue weighted by molar-refractivity contribution is 6.30. The summed E-state index contributed by atoms with van der Waals surface area (Å²) >= 11 is 5.42. The van der Waals surface area contributed by atoms with Gasteiger partial charge in [-0.3, -0.25) is 0 Å². The first-order valence-electron chi connectivity index (χ1n) is 15.6. The molecule has 0 atom stereocenters. The summed E-state index contributed by atoms with van der Waals surface area (Å²) in [5, 5.41) is -0.772. The first-order valence-corrected chi connectivity index (χ1v) is 15.9. The molecule has 0 aromatic heterocycles. The summed E-state index contributed by atoms with van der Waals surface area (Å²) in [6.07, 6.45) is 5.70. The van der Waals surface area contributed by atoms with Crippen molar-refractivity contribution >= 4 is 17.4 Å². The third kappa shape index (κ3) is 8.70. The predicted octanol–water partition coefficient (Wildman–Crippen LogP) is 12.5. The molecule has 0 spiro atoms. The Morgan fingerprint density at radius 3 is 1.95 bits per heavy atom. The third-order valence-corrected chi connectivity index (χ3v) is 9.69. The van der Waals surface area contributed by atoms with Crippen molar-refractivity contribution in [2.45, 2.75) is 109 Å².